The van der Waals surface area contributed by atoms with Crippen LogP contribution in [0.15, 0.2) is 24.3 Å². The van der Waals surface area contributed by atoms with Gasteiger partial charge in [0.2, 0.25) is 0 Å². The van der Waals surface area contributed by atoms with Gasteiger partial charge in [-0.25, -0.2) is 0 Å². The average Bonchev–Trinajstić information content (AvgIpc) is 2.50. The van der Waals surface area contributed by atoms with Crippen molar-refractivity contribution in [2.75, 3.05) is 5.32 Å². The van der Waals surface area contributed by atoms with Crippen LogP contribution in [0.25, 0.3) is 0 Å². The van der Waals surface area contributed by atoms with Crippen LogP contribution >= 0.6 is 0 Å². The Hall–Kier alpha value is -1.35. The molecule has 2 rings (SSSR count). The van der Waals surface area contributed by atoms with Gasteiger partial charge in [0.1, 0.15) is 0 Å². The molecule has 0 radical (unpaired) electrons. The summed E-state index contributed by atoms with van der Waals surface area (Å²) in [6.45, 7) is 8.68. The van der Waals surface area contributed by atoms with E-state index in [-0.39, 0.29) is 11.9 Å². The van der Waals surface area contributed by atoms with Gasteiger partial charge in [0.15, 0.2) is 6.04 Å². The van der Waals surface area contributed by atoms with Crippen molar-refractivity contribution in [2.45, 2.75) is 71.4 Å². The number of nitrogens with one attached hydrogen (secondary N) is 1. The number of quaternary nitrogens is 1. The maximum atomic E-state index is 12.4. The number of hydrogen-bond acceptors (Lipinski definition) is 1. The van der Waals surface area contributed by atoms with Crippen molar-refractivity contribution in [1.82, 2.24) is 0 Å². The molecule has 22 heavy (non-hydrogen) atoms. The Kier molecular flexibility index (Phi) is 6.01. The first kappa shape index (κ1) is 17.0. The van der Waals surface area contributed by atoms with E-state index in [1.807, 2.05) is 19.1 Å². The molecule has 1 fully saturated rings. The van der Waals surface area contributed by atoms with E-state index in [2.05, 4.69) is 43.5 Å². The molecular weight excluding hydrogens is 272 g/mol. The Bertz CT molecular complexity index is 481. The summed E-state index contributed by atoms with van der Waals surface area (Å²) in [5.74, 6) is 1.34. The molecule has 1 saturated carbocycles. The SMILES string of the molecule is CC(C)c1ccc(NC(=O)[C@H](C)[NH2+][C@@H]2CCCC[C@@H]2C)cc1. The Morgan fingerprint density at radius 1 is 1.14 bits per heavy atom. The normalized spacial score (nSPS) is 23.3. The van der Waals surface area contributed by atoms with Crippen molar-refractivity contribution in [3.8, 4) is 0 Å². The predicted octanol–water partition coefficient (Wildman–Crippen LogP) is 3.28. The molecule has 122 valence electrons. The van der Waals surface area contributed by atoms with Crippen molar-refractivity contribution in [2.24, 2.45) is 5.92 Å². The zero-order chi connectivity index (χ0) is 16.1. The molecule has 0 unspecified atom stereocenters. The van der Waals surface area contributed by atoms with E-state index in [0.29, 0.717) is 17.9 Å². The van der Waals surface area contributed by atoms with Gasteiger partial charge in [0, 0.05) is 11.6 Å². The van der Waals surface area contributed by atoms with Crippen LogP contribution in [0.4, 0.5) is 5.69 Å². The number of carbonyl (C=O) groups is 1. The van der Waals surface area contributed by atoms with Gasteiger partial charge in [-0.1, -0.05) is 39.3 Å². The smallest absolute Gasteiger partial charge is 0.282 e. The van der Waals surface area contributed by atoms with Crippen LogP contribution in [0.5, 0.6) is 0 Å². The molecule has 0 aliphatic heterocycles. The van der Waals surface area contributed by atoms with Crippen LogP contribution in [-0.2, 0) is 4.79 Å². The van der Waals surface area contributed by atoms with E-state index in [0.717, 1.165) is 5.69 Å². The standard InChI is InChI=1S/C19H30N2O/c1-13(2)16-9-11-17(12-10-16)21-19(22)15(4)20-18-8-6-5-7-14(18)3/h9-15,18,20H,5-8H2,1-4H3,(H,21,22)/p+1/t14-,15-,18+/m0/s1. The number of anilines is 1. The van der Waals surface area contributed by atoms with E-state index in [9.17, 15) is 4.79 Å². The summed E-state index contributed by atoms with van der Waals surface area (Å²) in [5, 5.41) is 5.31. The lowest BCUT2D eigenvalue weighted by molar-refractivity contribution is -0.714. The van der Waals surface area contributed by atoms with Crippen LogP contribution in [0.2, 0.25) is 0 Å². The fraction of sp³-hybridized carbons (Fsp3) is 0.632. The lowest BCUT2D eigenvalue weighted by Crippen LogP contribution is -2.97. The second-order valence-electron chi connectivity index (χ2n) is 7.17. The molecule has 3 atom stereocenters. The fourth-order valence-electron chi connectivity index (χ4n) is 3.30. The van der Waals surface area contributed by atoms with Crippen molar-refractivity contribution in [1.29, 1.82) is 0 Å². The summed E-state index contributed by atoms with van der Waals surface area (Å²) in [6, 6.07) is 8.76. The highest BCUT2D eigenvalue weighted by atomic mass is 16.2. The number of rotatable bonds is 5. The lowest BCUT2D eigenvalue weighted by atomic mass is 9.85. The molecule has 0 heterocycles. The summed E-state index contributed by atoms with van der Waals surface area (Å²) in [7, 11) is 0. The number of hydrogen-bond donors (Lipinski definition) is 2. The molecular formula is C19H31N2O+. The van der Waals surface area contributed by atoms with Crippen molar-refractivity contribution >= 4 is 11.6 Å². The third-order valence-electron chi connectivity index (χ3n) is 4.97. The van der Waals surface area contributed by atoms with E-state index in [4.69, 9.17) is 0 Å². The molecule has 1 aliphatic rings. The molecule has 3 nitrogen and oxygen atoms in total. The monoisotopic (exact) mass is 303 g/mol. The topological polar surface area (TPSA) is 45.7 Å². The van der Waals surface area contributed by atoms with Crippen LogP contribution in [-0.4, -0.2) is 18.0 Å². The zero-order valence-corrected chi connectivity index (χ0v) is 14.4. The van der Waals surface area contributed by atoms with Gasteiger partial charge in [0.25, 0.3) is 5.91 Å². The van der Waals surface area contributed by atoms with Crippen LogP contribution < -0.4 is 10.6 Å². The minimum atomic E-state index is -0.0321. The van der Waals surface area contributed by atoms with Gasteiger partial charge < -0.3 is 10.6 Å². The average molecular weight is 303 g/mol. The van der Waals surface area contributed by atoms with Crippen LogP contribution in [0.1, 0.15) is 64.9 Å². The van der Waals surface area contributed by atoms with Gasteiger partial charge >= 0.3 is 0 Å². The third-order valence-corrected chi connectivity index (χ3v) is 4.97. The van der Waals surface area contributed by atoms with Gasteiger partial charge in [-0.15, -0.1) is 0 Å². The Morgan fingerprint density at radius 2 is 1.77 bits per heavy atom. The number of benzene rings is 1. The van der Waals surface area contributed by atoms with E-state index in [1.165, 1.54) is 31.2 Å². The molecule has 0 aromatic heterocycles. The first-order valence-electron chi connectivity index (χ1n) is 8.73. The van der Waals surface area contributed by atoms with E-state index >= 15 is 0 Å². The van der Waals surface area contributed by atoms with Crippen molar-refractivity contribution in [3.63, 3.8) is 0 Å². The summed E-state index contributed by atoms with van der Waals surface area (Å²) in [5.41, 5.74) is 2.19. The highest BCUT2D eigenvalue weighted by molar-refractivity contribution is 5.93. The first-order valence-corrected chi connectivity index (χ1v) is 8.73. The quantitative estimate of drug-likeness (QED) is 0.861. The van der Waals surface area contributed by atoms with Crippen molar-refractivity contribution < 1.29 is 10.1 Å². The summed E-state index contributed by atoms with van der Waals surface area (Å²) >= 11 is 0. The molecule has 1 amide bonds. The van der Waals surface area contributed by atoms with Gasteiger partial charge in [-0.2, -0.15) is 0 Å². The zero-order valence-electron chi connectivity index (χ0n) is 14.4. The summed E-state index contributed by atoms with van der Waals surface area (Å²) < 4.78 is 0. The Labute approximate surface area is 134 Å². The van der Waals surface area contributed by atoms with Crippen molar-refractivity contribution in [3.05, 3.63) is 29.8 Å². The largest absolute Gasteiger partial charge is 0.334 e. The highest BCUT2D eigenvalue weighted by Gasteiger charge is 2.28. The molecule has 1 aromatic rings. The minimum Gasteiger partial charge on any atom is -0.334 e. The second-order valence-corrected chi connectivity index (χ2v) is 7.17. The highest BCUT2D eigenvalue weighted by Crippen LogP contribution is 2.21. The molecule has 1 aliphatic carbocycles. The third kappa shape index (κ3) is 4.57. The second kappa shape index (κ2) is 7.77. The minimum absolute atomic E-state index is 0.0321. The molecule has 0 saturated heterocycles. The van der Waals surface area contributed by atoms with E-state index in [1.54, 1.807) is 0 Å². The number of amides is 1. The van der Waals surface area contributed by atoms with Crippen LogP contribution in [0.3, 0.4) is 0 Å². The number of nitrogens with two attached hydrogens (primary N) is 1. The molecule has 3 heteroatoms. The molecule has 0 spiro atoms. The van der Waals surface area contributed by atoms with Gasteiger partial charge in [-0.3, -0.25) is 4.79 Å². The van der Waals surface area contributed by atoms with Gasteiger partial charge in [0.05, 0.1) is 6.04 Å². The Balaban J connectivity index is 1.87. The number of carbonyl (C=O) groups excluding carboxylic acids is 1. The molecule has 3 N–H and O–H groups in total. The first-order chi connectivity index (χ1) is 10.5. The maximum absolute atomic E-state index is 12.4. The van der Waals surface area contributed by atoms with Gasteiger partial charge in [-0.05, 0) is 49.8 Å². The molecule has 0 bridgehead atoms. The Morgan fingerprint density at radius 3 is 2.36 bits per heavy atom. The predicted molar refractivity (Wildman–Crippen MR) is 92.0 cm³/mol. The summed E-state index contributed by atoms with van der Waals surface area (Å²) in [6.07, 6.45) is 5.18. The summed E-state index contributed by atoms with van der Waals surface area (Å²) in [4.78, 5) is 12.4. The maximum Gasteiger partial charge on any atom is 0.282 e. The molecule has 1 aromatic carbocycles. The van der Waals surface area contributed by atoms with Crippen LogP contribution in [0, 0.1) is 5.92 Å². The van der Waals surface area contributed by atoms with E-state index < -0.39 is 0 Å². The lowest BCUT2D eigenvalue weighted by Gasteiger charge is -2.28. The fourth-order valence-corrected chi connectivity index (χ4v) is 3.30.